The number of thiocarbonyl (C=S) groups is 1. The lowest BCUT2D eigenvalue weighted by Crippen LogP contribution is -2.40. The van der Waals surface area contributed by atoms with Crippen LogP contribution in [0.2, 0.25) is 0 Å². The first-order valence-corrected chi connectivity index (χ1v) is 12.2. The van der Waals surface area contributed by atoms with Crippen molar-refractivity contribution in [1.82, 2.24) is 19.8 Å². The van der Waals surface area contributed by atoms with Gasteiger partial charge in [0.15, 0.2) is 5.11 Å². The van der Waals surface area contributed by atoms with Crippen molar-refractivity contribution < 1.29 is 0 Å². The highest BCUT2D eigenvalue weighted by molar-refractivity contribution is 7.80. The standard InChI is InChI=1S/C27H32N4S/c1-18-10-9-13-22(16-18)30-19(2)17-23(20(30)3)26-25(24-14-7-8-15-28-24)29-27(32)31(26)21-11-5-4-6-12-21/h7-10,13-17,21,25-26H,4-6,11-12H2,1-3H3,(H,29,32)/t25-,26-/m0/s1. The maximum Gasteiger partial charge on any atom is 0.170 e. The van der Waals surface area contributed by atoms with Gasteiger partial charge in [0.25, 0.3) is 0 Å². The Bertz CT molecular complexity index is 1110. The molecule has 1 N–H and O–H groups in total. The number of hydrogen-bond donors (Lipinski definition) is 1. The van der Waals surface area contributed by atoms with Crippen molar-refractivity contribution >= 4 is 17.3 Å². The molecule has 2 fully saturated rings. The minimum atomic E-state index is 0.0529. The van der Waals surface area contributed by atoms with Crippen LogP contribution in [0.15, 0.2) is 54.7 Å². The molecule has 1 aromatic carbocycles. The Hall–Kier alpha value is -2.66. The molecule has 3 aromatic rings. The van der Waals surface area contributed by atoms with Crippen molar-refractivity contribution in [3.05, 3.63) is 82.9 Å². The van der Waals surface area contributed by atoms with Crippen molar-refractivity contribution in [2.75, 3.05) is 0 Å². The first-order chi connectivity index (χ1) is 15.5. The van der Waals surface area contributed by atoms with Crippen LogP contribution in [-0.2, 0) is 0 Å². The van der Waals surface area contributed by atoms with Crippen molar-refractivity contribution in [3.8, 4) is 5.69 Å². The number of rotatable bonds is 4. The molecule has 4 nitrogen and oxygen atoms in total. The van der Waals surface area contributed by atoms with E-state index in [1.807, 2.05) is 12.3 Å². The molecule has 0 unspecified atom stereocenters. The summed E-state index contributed by atoms with van der Waals surface area (Å²) >= 11 is 5.95. The fourth-order valence-electron chi connectivity index (χ4n) is 5.70. The molecule has 1 aliphatic carbocycles. The highest BCUT2D eigenvalue weighted by atomic mass is 32.1. The molecule has 1 aliphatic heterocycles. The third kappa shape index (κ3) is 3.73. The normalized spacial score (nSPS) is 21.7. The first-order valence-electron chi connectivity index (χ1n) is 11.8. The Balaban J connectivity index is 1.63. The number of nitrogens with one attached hydrogen (secondary N) is 1. The van der Waals surface area contributed by atoms with Gasteiger partial charge in [0.05, 0.1) is 17.8 Å². The molecule has 5 heteroatoms. The van der Waals surface area contributed by atoms with E-state index in [1.54, 1.807) is 0 Å². The van der Waals surface area contributed by atoms with Gasteiger partial charge in [-0.3, -0.25) is 4.98 Å². The summed E-state index contributed by atoms with van der Waals surface area (Å²) in [6.07, 6.45) is 8.21. The molecule has 2 atom stereocenters. The summed E-state index contributed by atoms with van der Waals surface area (Å²) in [5, 5.41) is 4.53. The average molecular weight is 445 g/mol. The van der Waals surface area contributed by atoms with E-state index in [-0.39, 0.29) is 12.1 Å². The quantitative estimate of drug-likeness (QED) is 0.493. The third-order valence-corrected chi connectivity index (χ3v) is 7.48. The summed E-state index contributed by atoms with van der Waals surface area (Å²) < 4.78 is 2.39. The zero-order valence-electron chi connectivity index (χ0n) is 19.2. The largest absolute Gasteiger partial charge is 0.352 e. The molecular formula is C27H32N4S. The number of hydrogen-bond acceptors (Lipinski definition) is 2. The fraction of sp³-hybridized carbons (Fsp3) is 0.407. The SMILES string of the molecule is Cc1cccc(-n2c(C)cc([C@H]3[C@H](c4ccccn4)NC(=S)N3C3CCCCC3)c2C)c1. The van der Waals surface area contributed by atoms with Gasteiger partial charge in [-0.15, -0.1) is 0 Å². The van der Waals surface area contributed by atoms with Gasteiger partial charge in [-0.1, -0.05) is 37.5 Å². The van der Waals surface area contributed by atoms with E-state index in [1.165, 1.54) is 60.3 Å². The molecular weight excluding hydrogens is 412 g/mol. The van der Waals surface area contributed by atoms with Crippen LogP contribution in [-0.4, -0.2) is 25.6 Å². The average Bonchev–Trinajstić information content (AvgIpc) is 3.30. The van der Waals surface area contributed by atoms with Crippen LogP contribution in [0.25, 0.3) is 5.69 Å². The van der Waals surface area contributed by atoms with Gasteiger partial charge in [-0.05, 0) is 87.3 Å². The lowest BCUT2D eigenvalue weighted by molar-refractivity contribution is 0.197. The van der Waals surface area contributed by atoms with Crippen LogP contribution in [0.1, 0.15) is 72.4 Å². The van der Waals surface area contributed by atoms with E-state index >= 15 is 0 Å². The monoisotopic (exact) mass is 444 g/mol. The lowest BCUT2D eigenvalue weighted by atomic mass is 9.90. The van der Waals surface area contributed by atoms with Crippen LogP contribution < -0.4 is 5.32 Å². The van der Waals surface area contributed by atoms with Gasteiger partial charge in [0.2, 0.25) is 0 Å². The molecule has 1 saturated heterocycles. The smallest absolute Gasteiger partial charge is 0.170 e. The molecule has 32 heavy (non-hydrogen) atoms. The summed E-state index contributed by atoms with van der Waals surface area (Å²) in [6, 6.07) is 18.0. The molecule has 2 aromatic heterocycles. The number of benzene rings is 1. The zero-order chi connectivity index (χ0) is 22.2. The van der Waals surface area contributed by atoms with Crippen LogP contribution in [0.4, 0.5) is 0 Å². The first kappa shape index (κ1) is 21.2. The topological polar surface area (TPSA) is 33.1 Å². The maximum atomic E-state index is 5.95. The van der Waals surface area contributed by atoms with Gasteiger partial charge < -0.3 is 14.8 Å². The van der Waals surface area contributed by atoms with E-state index in [0.717, 1.165) is 10.8 Å². The predicted octanol–water partition coefficient (Wildman–Crippen LogP) is 6.10. The van der Waals surface area contributed by atoms with Gasteiger partial charge >= 0.3 is 0 Å². The summed E-state index contributed by atoms with van der Waals surface area (Å²) in [5.74, 6) is 0. The molecule has 5 rings (SSSR count). The summed E-state index contributed by atoms with van der Waals surface area (Å²) in [4.78, 5) is 7.23. The third-order valence-electron chi connectivity index (χ3n) is 7.15. The van der Waals surface area contributed by atoms with Gasteiger partial charge in [-0.25, -0.2) is 0 Å². The molecule has 0 bridgehead atoms. The second kappa shape index (κ2) is 8.70. The van der Waals surface area contributed by atoms with Crippen LogP contribution in [0, 0.1) is 20.8 Å². The predicted molar refractivity (Wildman–Crippen MR) is 134 cm³/mol. The van der Waals surface area contributed by atoms with E-state index in [0.29, 0.717) is 6.04 Å². The van der Waals surface area contributed by atoms with Crippen LogP contribution >= 0.6 is 12.2 Å². The van der Waals surface area contributed by atoms with E-state index in [9.17, 15) is 0 Å². The number of aryl methyl sites for hydroxylation is 2. The molecule has 3 heterocycles. The maximum absolute atomic E-state index is 5.95. The Morgan fingerprint density at radius 1 is 0.969 bits per heavy atom. The second-order valence-corrected chi connectivity index (χ2v) is 9.71. The Morgan fingerprint density at radius 3 is 2.50 bits per heavy atom. The number of aromatic nitrogens is 2. The Morgan fingerprint density at radius 2 is 1.78 bits per heavy atom. The van der Waals surface area contributed by atoms with E-state index < -0.39 is 0 Å². The molecule has 1 saturated carbocycles. The molecule has 2 aliphatic rings. The van der Waals surface area contributed by atoms with Crippen LogP contribution in [0.5, 0.6) is 0 Å². The van der Waals surface area contributed by atoms with Crippen LogP contribution in [0.3, 0.4) is 0 Å². The minimum absolute atomic E-state index is 0.0529. The van der Waals surface area contributed by atoms with Gasteiger partial charge in [0, 0.05) is 29.3 Å². The van der Waals surface area contributed by atoms with Crippen molar-refractivity contribution in [2.45, 2.75) is 71.0 Å². The van der Waals surface area contributed by atoms with Crippen molar-refractivity contribution in [3.63, 3.8) is 0 Å². The molecule has 0 radical (unpaired) electrons. The Labute approximate surface area is 196 Å². The molecule has 0 amide bonds. The summed E-state index contributed by atoms with van der Waals surface area (Å²) in [7, 11) is 0. The zero-order valence-corrected chi connectivity index (χ0v) is 20.0. The highest BCUT2D eigenvalue weighted by Gasteiger charge is 2.44. The van der Waals surface area contributed by atoms with Crippen molar-refractivity contribution in [1.29, 1.82) is 0 Å². The fourth-order valence-corrected chi connectivity index (χ4v) is 6.09. The van der Waals surface area contributed by atoms with E-state index in [4.69, 9.17) is 17.2 Å². The summed E-state index contributed by atoms with van der Waals surface area (Å²) in [6.45, 7) is 6.61. The van der Waals surface area contributed by atoms with E-state index in [2.05, 4.69) is 78.0 Å². The summed E-state index contributed by atoms with van der Waals surface area (Å²) in [5.41, 5.74) is 7.43. The van der Waals surface area contributed by atoms with Gasteiger partial charge in [0.1, 0.15) is 0 Å². The lowest BCUT2D eigenvalue weighted by Gasteiger charge is -2.37. The van der Waals surface area contributed by atoms with Gasteiger partial charge in [-0.2, -0.15) is 0 Å². The highest BCUT2D eigenvalue weighted by Crippen LogP contribution is 2.44. The Kier molecular flexibility index (Phi) is 5.76. The molecule has 166 valence electrons. The molecule has 0 spiro atoms. The van der Waals surface area contributed by atoms with Crippen molar-refractivity contribution in [2.24, 2.45) is 0 Å². The number of nitrogens with zero attached hydrogens (tertiary/aromatic N) is 3. The second-order valence-electron chi connectivity index (χ2n) is 9.33. The number of pyridine rings is 1. The minimum Gasteiger partial charge on any atom is -0.352 e.